The Bertz CT molecular complexity index is 587. The smallest absolute Gasteiger partial charge is 0.289 e. The molecule has 0 radical (unpaired) electrons. The van der Waals surface area contributed by atoms with Crippen LogP contribution in [0.15, 0.2) is 53.1 Å². The van der Waals surface area contributed by atoms with Gasteiger partial charge in [0.15, 0.2) is 5.76 Å². The second-order valence-electron chi connectivity index (χ2n) is 5.84. The van der Waals surface area contributed by atoms with E-state index in [0.29, 0.717) is 11.8 Å². The Hall–Kier alpha value is -2.07. The maximum Gasteiger partial charge on any atom is 0.289 e. The van der Waals surface area contributed by atoms with Gasteiger partial charge in [0.25, 0.3) is 5.91 Å². The van der Waals surface area contributed by atoms with Gasteiger partial charge in [-0.2, -0.15) is 0 Å². The molecule has 1 atom stereocenters. The highest BCUT2D eigenvalue weighted by Gasteiger charge is 2.25. The van der Waals surface area contributed by atoms with Gasteiger partial charge in [0, 0.05) is 32.2 Å². The lowest BCUT2D eigenvalue weighted by molar-refractivity contribution is 0.0553. The van der Waals surface area contributed by atoms with Gasteiger partial charge in [0.05, 0.1) is 6.26 Å². The molecule has 2 heterocycles. The Kier molecular flexibility index (Phi) is 4.59. The van der Waals surface area contributed by atoms with E-state index in [9.17, 15) is 4.79 Å². The van der Waals surface area contributed by atoms with Crippen molar-refractivity contribution in [3.05, 3.63) is 60.1 Å². The van der Waals surface area contributed by atoms with Crippen LogP contribution in [0.25, 0.3) is 0 Å². The SMILES string of the molecule is CC(Cc1ccccc1)N1CCN(C(=O)c2ccco2)CC1. The van der Waals surface area contributed by atoms with Crippen molar-refractivity contribution in [2.24, 2.45) is 0 Å². The maximum atomic E-state index is 12.2. The standard InChI is InChI=1S/C18H22N2O2/c1-15(14-16-6-3-2-4-7-16)19-9-11-20(12-10-19)18(21)17-8-5-13-22-17/h2-8,13,15H,9-12,14H2,1H3. The van der Waals surface area contributed by atoms with Gasteiger partial charge in [0.2, 0.25) is 0 Å². The zero-order valence-electron chi connectivity index (χ0n) is 12.9. The first-order valence-corrected chi connectivity index (χ1v) is 7.85. The summed E-state index contributed by atoms with van der Waals surface area (Å²) in [6.07, 6.45) is 2.60. The van der Waals surface area contributed by atoms with E-state index in [1.807, 2.05) is 11.0 Å². The third-order valence-electron chi connectivity index (χ3n) is 4.33. The monoisotopic (exact) mass is 298 g/mol. The van der Waals surface area contributed by atoms with E-state index in [1.54, 1.807) is 18.4 Å². The van der Waals surface area contributed by atoms with Crippen LogP contribution in [0, 0.1) is 0 Å². The predicted molar refractivity (Wildman–Crippen MR) is 85.8 cm³/mol. The molecule has 4 heteroatoms. The van der Waals surface area contributed by atoms with Crippen LogP contribution in [0.2, 0.25) is 0 Å². The molecule has 22 heavy (non-hydrogen) atoms. The average Bonchev–Trinajstić information content (AvgIpc) is 3.10. The van der Waals surface area contributed by atoms with Gasteiger partial charge >= 0.3 is 0 Å². The molecule has 0 aliphatic carbocycles. The third-order valence-corrected chi connectivity index (χ3v) is 4.33. The molecule has 2 aromatic rings. The van der Waals surface area contributed by atoms with Crippen molar-refractivity contribution in [3.63, 3.8) is 0 Å². The Morgan fingerprint density at radius 1 is 1.09 bits per heavy atom. The summed E-state index contributed by atoms with van der Waals surface area (Å²) in [6, 6.07) is 14.5. The van der Waals surface area contributed by atoms with E-state index in [0.717, 1.165) is 32.6 Å². The van der Waals surface area contributed by atoms with Crippen molar-refractivity contribution in [2.45, 2.75) is 19.4 Å². The molecule has 3 rings (SSSR count). The summed E-state index contributed by atoms with van der Waals surface area (Å²) in [7, 11) is 0. The molecule has 116 valence electrons. The highest BCUT2D eigenvalue weighted by atomic mass is 16.3. The van der Waals surface area contributed by atoms with Gasteiger partial charge in [-0.25, -0.2) is 0 Å². The quantitative estimate of drug-likeness (QED) is 0.871. The van der Waals surface area contributed by atoms with E-state index >= 15 is 0 Å². The van der Waals surface area contributed by atoms with Gasteiger partial charge in [0.1, 0.15) is 0 Å². The molecular formula is C18H22N2O2. The number of nitrogens with zero attached hydrogens (tertiary/aromatic N) is 2. The van der Waals surface area contributed by atoms with Gasteiger partial charge in [-0.3, -0.25) is 9.69 Å². The molecule has 1 fully saturated rings. The number of rotatable bonds is 4. The Morgan fingerprint density at radius 2 is 1.82 bits per heavy atom. The lowest BCUT2D eigenvalue weighted by Gasteiger charge is -2.37. The second kappa shape index (κ2) is 6.79. The van der Waals surface area contributed by atoms with Gasteiger partial charge in [-0.05, 0) is 31.0 Å². The Balaban J connectivity index is 1.52. The van der Waals surface area contributed by atoms with Crippen LogP contribution in [0.5, 0.6) is 0 Å². The topological polar surface area (TPSA) is 36.7 Å². The summed E-state index contributed by atoms with van der Waals surface area (Å²) in [5.41, 5.74) is 1.36. The molecule has 1 aromatic carbocycles. The number of hydrogen-bond donors (Lipinski definition) is 0. The fourth-order valence-corrected chi connectivity index (χ4v) is 3.01. The molecule has 0 spiro atoms. The Morgan fingerprint density at radius 3 is 2.45 bits per heavy atom. The number of furan rings is 1. The maximum absolute atomic E-state index is 12.2. The molecule has 1 aliphatic rings. The minimum absolute atomic E-state index is 0.000336. The van der Waals surface area contributed by atoms with Crippen molar-refractivity contribution >= 4 is 5.91 Å². The molecule has 1 aliphatic heterocycles. The van der Waals surface area contributed by atoms with Crippen LogP contribution in [0.1, 0.15) is 23.0 Å². The summed E-state index contributed by atoms with van der Waals surface area (Å²) in [6.45, 7) is 5.62. The van der Waals surface area contributed by atoms with Gasteiger partial charge < -0.3 is 9.32 Å². The normalized spacial score (nSPS) is 17.4. The molecule has 1 aromatic heterocycles. The number of amides is 1. The van der Waals surface area contributed by atoms with Crippen LogP contribution in [-0.4, -0.2) is 47.9 Å². The summed E-state index contributed by atoms with van der Waals surface area (Å²) >= 11 is 0. The van der Waals surface area contributed by atoms with Gasteiger partial charge in [-0.15, -0.1) is 0 Å². The fraction of sp³-hybridized carbons (Fsp3) is 0.389. The van der Waals surface area contributed by atoms with E-state index < -0.39 is 0 Å². The molecule has 1 amide bonds. The van der Waals surface area contributed by atoms with E-state index in [1.165, 1.54) is 5.56 Å². The summed E-state index contributed by atoms with van der Waals surface area (Å²) in [4.78, 5) is 16.6. The highest BCUT2D eigenvalue weighted by molar-refractivity contribution is 5.91. The number of piperazine rings is 1. The first-order chi connectivity index (χ1) is 10.7. The largest absolute Gasteiger partial charge is 0.459 e. The van der Waals surface area contributed by atoms with Crippen molar-refractivity contribution in [1.82, 2.24) is 9.80 Å². The minimum atomic E-state index is 0.000336. The average molecular weight is 298 g/mol. The van der Waals surface area contributed by atoms with Crippen molar-refractivity contribution in [2.75, 3.05) is 26.2 Å². The van der Waals surface area contributed by atoms with Crippen molar-refractivity contribution < 1.29 is 9.21 Å². The fourth-order valence-electron chi connectivity index (χ4n) is 3.01. The zero-order valence-corrected chi connectivity index (χ0v) is 12.9. The molecular weight excluding hydrogens is 276 g/mol. The van der Waals surface area contributed by atoms with Crippen LogP contribution in [0.3, 0.4) is 0 Å². The first-order valence-electron chi connectivity index (χ1n) is 7.85. The van der Waals surface area contributed by atoms with E-state index in [-0.39, 0.29) is 5.91 Å². The van der Waals surface area contributed by atoms with Crippen molar-refractivity contribution in [1.29, 1.82) is 0 Å². The lowest BCUT2D eigenvalue weighted by Crippen LogP contribution is -2.51. The van der Waals surface area contributed by atoms with Crippen LogP contribution >= 0.6 is 0 Å². The third kappa shape index (κ3) is 3.39. The van der Waals surface area contributed by atoms with Crippen LogP contribution in [-0.2, 0) is 6.42 Å². The molecule has 4 nitrogen and oxygen atoms in total. The lowest BCUT2D eigenvalue weighted by atomic mass is 10.1. The minimum Gasteiger partial charge on any atom is -0.459 e. The van der Waals surface area contributed by atoms with Crippen LogP contribution < -0.4 is 0 Å². The molecule has 1 unspecified atom stereocenters. The number of carbonyl (C=O) groups excluding carboxylic acids is 1. The summed E-state index contributed by atoms with van der Waals surface area (Å²) in [5, 5.41) is 0. The second-order valence-corrected chi connectivity index (χ2v) is 5.84. The molecule has 0 bridgehead atoms. The number of benzene rings is 1. The van der Waals surface area contributed by atoms with E-state index in [4.69, 9.17) is 4.42 Å². The highest BCUT2D eigenvalue weighted by Crippen LogP contribution is 2.14. The molecule has 1 saturated heterocycles. The summed E-state index contributed by atoms with van der Waals surface area (Å²) in [5.74, 6) is 0.436. The molecule has 0 saturated carbocycles. The van der Waals surface area contributed by atoms with E-state index in [2.05, 4.69) is 36.1 Å². The van der Waals surface area contributed by atoms with Crippen molar-refractivity contribution in [3.8, 4) is 0 Å². The molecule has 0 N–H and O–H groups in total. The number of hydrogen-bond acceptors (Lipinski definition) is 3. The summed E-state index contributed by atoms with van der Waals surface area (Å²) < 4.78 is 5.20. The predicted octanol–water partition coefficient (Wildman–Crippen LogP) is 2.67. The number of carbonyl (C=O) groups is 1. The zero-order chi connectivity index (χ0) is 15.4. The first kappa shape index (κ1) is 14.9. The Labute approximate surface area is 131 Å². The van der Waals surface area contributed by atoms with Crippen LogP contribution in [0.4, 0.5) is 0 Å². The van der Waals surface area contributed by atoms with Gasteiger partial charge in [-0.1, -0.05) is 30.3 Å².